The normalized spacial score (nSPS) is 17.2. The summed E-state index contributed by atoms with van der Waals surface area (Å²) in [6.45, 7) is 4.44. The van der Waals surface area contributed by atoms with Gasteiger partial charge in [-0.3, -0.25) is 9.98 Å². The molecule has 1 unspecified atom stereocenters. The molecular weight excluding hydrogens is 288 g/mol. The summed E-state index contributed by atoms with van der Waals surface area (Å²) in [5.41, 5.74) is 1.01. The average molecular weight is 318 g/mol. The number of rotatable bonds is 8. The molecule has 0 radical (unpaired) electrons. The smallest absolute Gasteiger partial charge is 0.191 e. The van der Waals surface area contributed by atoms with E-state index in [0.29, 0.717) is 12.6 Å². The van der Waals surface area contributed by atoms with Gasteiger partial charge in [0, 0.05) is 26.4 Å². The molecule has 1 fully saturated rings. The van der Waals surface area contributed by atoms with Gasteiger partial charge >= 0.3 is 0 Å². The van der Waals surface area contributed by atoms with Gasteiger partial charge in [-0.15, -0.1) is 0 Å². The minimum Gasteiger partial charge on any atom is -0.378 e. The van der Waals surface area contributed by atoms with Crippen molar-refractivity contribution < 1.29 is 4.74 Å². The van der Waals surface area contributed by atoms with Crippen LogP contribution in [-0.4, -0.2) is 37.2 Å². The molecule has 0 aromatic carbocycles. The Hall–Kier alpha value is -1.62. The van der Waals surface area contributed by atoms with E-state index in [4.69, 9.17) is 4.74 Å². The summed E-state index contributed by atoms with van der Waals surface area (Å²) >= 11 is 0. The third-order valence-corrected chi connectivity index (χ3v) is 4.41. The molecule has 1 aromatic rings. The van der Waals surface area contributed by atoms with E-state index >= 15 is 0 Å². The number of nitrogens with one attached hydrogen (secondary N) is 2. The van der Waals surface area contributed by atoms with Crippen molar-refractivity contribution in [2.45, 2.75) is 51.7 Å². The van der Waals surface area contributed by atoms with Crippen molar-refractivity contribution in [3.05, 3.63) is 30.1 Å². The highest BCUT2D eigenvalue weighted by atomic mass is 16.5. The molecule has 0 amide bonds. The molecule has 1 saturated carbocycles. The second kappa shape index (κ2) is 10.2. The Labute approximate surface area is 139 Å². The second-order valence-electron chi connectivity index (χ2n) is 6.00. The summed E-state index contributed by atoms with van der Waals surface area (Å²) in [5.74, 6) is 1.55. The average Bonchev–Trinajstić information content (AvgIpc) is 3.12. The highest BCUT2D eigenvalue weighted by Gasteiger charge is 2.24. The van der Waals surface area contributed by atoms with E-state index in [2.05, 4.69) is 27.5 Å². The van der Waals surface area contributed by atoms with Gasteiger partial charge in [0.05, 0.1) is 18.3 Å². The number of aromatic nitrogens is 1. The van der Waals surface area contributed by atoms with Crippen LogP contribution < -0.4 is 10.6 Å². The van der Waals surface area contributed by atoms with Crippen molar-refractivity contribution in [1.29, 1.82) is 0 Å². The predicted molar refractivity (Wildman–Crippen MR) is 94.4 cm³/mol. The van der Waals surface area contributed by atoms with E-state index in [0.717, 1.165) is 37.1 Å². The van der Waals surface area contributed by atoms with Crippen molar-refractivity contribution in [2.75, 3.05) is 20.2 Å². The number of hydrogen-bond donors (Lipinski definition) is 2. The monoisotopic (exact) mass is 318 g/mol. The van der Waals surface area contributed by atoms with Gasteiger partial charge in [-0.1, -0.05) is 18.9 Å². The van der Waals surface area contributed by atoms with Crippen LogP contribution in [-0.2, 0) is 11.3 Å². The number of pyridine rings is 1. The van der Waals surface area contributed by atoms with Crippen LogP contribution >= 0.6 is 0 Å². The van der Waals surface area contributed by atoms with Crippen LogP contribution in [0, 0.1) is 5.92 Å². The van der Waals surface area contributed by atoms with Gasteiger partial charge in [0.1, 0.15) is 0 Å². The number of ether oxygens (including phenoxy) is 1. The fourth-order valence-electron chi connectivity index (χ4n) is 3.23. The summed E-state index contributed by atoms with van der Waals surface area (Å²) in [4.78, 5) is 8.57. The van der Waals surface area contributed by atoms with E-state index < -0.39 is 0 Å². The number of guanidine groups is 1. The molecule has 1 aromatic heterocycles. The molecule has 1 atom stereocenters. The predicted octanol–water partition coefficient (Wildman–Crippen LogP) is 2.73. The Morgan fingerprint density at radius 2 is 2.17 bits per heavy atom. The SMILES string of the molecule is CCOC(CCNC(=NC)NCc1ccccn1)C1CCCC1. The third kappa shape index (κ3) is 6.18. The van der Waals surface area contributed by atoms with Crippen molar-refractivity contribution in [3.63, 3.8) is 0 Å². The van der Waals surface area contributed by atoms with Crippen molar-refractivity contribution >= 4 is 5.96 Å². The largest absolute Gasteiger partial charge is 0.378 e. The molecule has 128 valence electrons. The van der Waals surface area contributed by atoms with Gasteiger partial charge in [-0.05, 0) is 44.2 Å². The van der Waals surface area contributed by atoms with Crippen molar-refractivity contribution in [1.82, 2.24) is 15.6 Å². The first kappa shape index (κ1) is 17.7. The summed E-state index contributed by atoms with van der Waals surface area (Å²) in [5, 5.41) is 6.68. The number of hydrogen-bond acceptors (Lipinski definition) is 3. The molecule has 0 bridgehead atoms. The zero-order valence-electron chi connectivity index (χ0n) is 14.4. The molecule has 1 heterocycles. The zero-order valence-corrected chi connectivity index (χ0v) is 14.4. The lowest BCUT2D eigenvalue weighted by Gasteiger charge is -2.24. The van der Waals surface area contributed by atoms with Gasteiger partial charge in [-0.2, -0.15) is 0 Å². The van der Waals surface area contributed by atoms with Crippen molar-refractivity contribution in [3.8, 4) is 0 Å². The maximum Gasteiger partial charge on any atom is 0.191 e. The lowest BCUT2D eigenvalue weighted by Crippen LogP contribution is -2.39. The molecule has 1 aliphatic carbocycles. The quantitative estimate of drug-likeness (QED) is 0.571. The molecular formula is C18H30N4O. The zero-order chi connectivity index (χ0) is 16.3. The lowest BCUT2D eigenvalue weighted by molar-refractivity contribution is 0.0169. The summed E-state index contributed by atoms with van der Waals surface area (Å²) in [6.07, 6.45) is 8.56. The van der Waals surface area contributed by atoms with Crippen LogP contribution in [0.2, 0.25) is 0 Å². The van der Waals surface area contributed by atoms with Crippen LogP contribution in [0.25, 0.3) is 0 Å². The van der Waals surface area contributed by atoms with Crippen LogP contribution in [0.1, 0.15) is 44.7 Å². The summed E-state index contributed by atoms with van der Waals surface area (Å²) < 4.78 is 5.96. The molecule has 5 nitrogen and oxygen atoms in total. The van der Waals surface area contributed by atoms with Gasteiger partial charge in [-0.25, -0.2) is 0 Å². The third-order valence-electron chi connectivity index (χ3n) is 4.41. The Morgan fingerprint density at radius 1 is 1.35 bits per heavy atom. The summed E-state index contributed by atoms with van der Waals surface area (Å²) in [7, 11) is 1.80. The lowest BCUT2D eigenvalue weighted by atomic mass is 9.98. The molecule has 23 heavy (non-hydrogen) atoms. The molecule has 2 N–H and O–H groups in total. The van der Waals surface area contributed by atoms with Crippen LogP contribution in [0.3, 0.4) is 0 Å². The fraction of sp³-hybridized carbons (Fsp3) is 0.667. The Morgan fingerprint density at radius 3 is 2.83 bits per heavy atom. The topological polar surface area (TPSA) is 58.5 Å². The van der Waals surface area contributed by atoms with Gasteiger partial charge in [0.25, 0.3) is 0 Å². The minimum absolute atomic E-state index is 0.379. The molecule has 0 aliphatic heterocycles. The number of aliphatic imine (C=N–C) groups is 1. The second-order valence-corrected chi connectivity index (χ2v) is 6.00. The van der Waals surface area contributed by atoms with Crippen LogP contribution in [0.15, 0.2) is 29.4 Å². The molecule has 0 saturated heterocycles. The van der Waals surface area contributed by atoms with E-state index in [9.17, 15) is 0 Å². The molecule has 2 rings (SSSR count). The summed E-state index contributed by atoms with van der Waals surface area (Å²) in [6, 6.07) is 5.92. The standard InChI is InChI=1S/C18H30N4O/c1-3-23-17(15-8-4-5-9-15)11-13-21-18(19-2)22-14-16-10-6-7-12-20-16/h6-7,10,12,15,17H,3-5,8-9,11,13-14H2,1-2H3,(H2,19,21,22). The Bertz CT molecular complexity index is 457. The van der Waals surface area contributed by atoms with Crippen LogP contribution in [0.4, 0.5) is 0 Å². The first-order valence-corrected chi connectivity index (χ1v) is 8.79. The van der Waals surface area contributed by atoms with Gasteiger partial charge in [0.15, 0.2) is 5.96 Å². The first-order valence-electron chi connectivity index (χ1n) is 8.79. The first-order chi connectivity index (χ1) is 11.3. The van der Waals surface area contributed by atoms with E-state index in [1.807, 2.05) is 24.4 Å². The van der Waals surface area contributed by atoms with Gasteiger partial charge < -0.3 is 15.4 Å². The van der Waals surface area contributed by atoms with Crippen LogP contribution in [0.5, 0.6) is 0 Å². The maximum atomic E-state index is 5.96. The molecule has 1 aliphatic rings. The minimum atomic E-state index is 0.379. The van der Waals surface area contributed by atoms with Gasteiger partial charge in [0.2, 0.25) is 0 Å². The van der Waals surface area contributed by atoms with E-state index in [1.54, 1.807) is 7.05 Å². The number of nitrogens with zero attached hydrogens (tertiary/aromatic N) is 2. The Balaban J connectivity index is 1.71. The highest BCUT2D eigenvalue weighted by molar-refractivity contribution is 5.79. The van der Waals surface area contributed by atoms with E-state index in [1.165, 1.54) is 25.7 Å². The molecule has 0 spiro atoms. The fourth-order valence-corrected chi connectivity index (χ4v) is 3.23. The van der Waals surface area contributed by atoms with Crippen molar-refractivity contribution in [2.24, 2.45) is 10.9 Å². The maximum absolute atomic E-state index is 5.96. The van der Waals surface area contributed by atoms with E-state index in [-0.39, 0.29) is 0 Å². The Kier molecular flexibility index (Phi) is 7.87. The highest BCUT2D eigenvalue weighted by Crippen LogP contribution is 2.30. The molecule has 5 heteroatoms.